The lowest BCUT2D eigenvalue weighted by molar-refractivity contribution is -0.125. The monoisotopic (exact) mass is 325 g/mol. The number of fused-ring (bicyclic) bond motifs is 1. The predicted octanol–water partition coefficient (Wildman–Crippen LogP) is 1.93. The van der Waals surface area contributed by atoms with Crippen LogP contribution in [0.25, 0.3) is 0 Å². The summed E-state index contributed by atoms with van der Waals surface area (Å²) in [6.07, 6.45) is 3.17. The molecule has 1 atom stereocenters. The van der Waals surface area contributed by atoms with E-state index < -0.39 is 0 Å². The van der Waals surface area contributed by atoms with Crippen molar-refractivity contribution >= 4 is 17.5 Å². The van der Waals surface area contributed by atoms with Crippen molar-refractivity contribution in [2.75, 3.05) is 18.5 Å². The molecule has 6 heteroatoms. The van der Waals surface area contributed by atoms with E-state index in [1.165, 1.54) is 0 Å². The average Bonchev–Trinajstić information content (AvgIpc) is 2.97. The molecule has 1 aromatic carbocycles. The minimum Gasteiger partial charge on any atom is -0.492 e. The molecule has 0 radical (unpaired) electrons. The van der Waals surface area contributed by atoms with Crippen molar-refractivity contribution in [3.63, 3.8) is 0 Å². The van der Waals surface area contributed by atoms with Crippen LogP contribution in [0.1, 0.15) is 22.6 Å². The van der Waals surface area contributed by atoms with E-state index in [1.807, 2.05) is 26.0 Å². The van der Waals surface area contributed by atoms with Crippen molar-refractivity contribution in [3.8, 4) is 5.75 Å². The first-order valence-electron chi connectivity index (χ1n) is 7.76. The quantitative estimate of drug-likeness (QED) is 0.900. The maximum absolute atomic E-state index is 12.4. The Bertz CT molecular complexity index is 775. The van der Waals surface area contributed by atoms with Gasteiger partial charge in [0.25, 0.3) is 0 Å². The van der Waals surface area contributed by atoms with E-state index in [1.54, 1.807) is 24.5 Å². The van der Waals surface area contributed by atoms with Gasteiger partial charge in [-0.05, 0) is 43.2 Å². The molecule has 0 aliphatic carbocycles. The van der Waals surface area contributed by atoms with Gasteiger partial charge in [0, 0.05) is 11.8 Å². The summed E-state index contributed by atoms with van der Waals surface area (Å²) >= 11 is 0. The molecule has 6 nitrogen and oxygen atoms in total. The number of pyridine rings is 1. The highest BCUT2D eigenvalue weighted by Crippen LogP contribution is 2.35. The fourth-order valence-electron chi connectivity index (χ4n) is 2.62. The zero-order valence-corrected chi connectivity index (χ0v) is 13.6. The van der Waals surface area contributed by atoms with E-state index in [0.29, 0.717) is 12.3 Å². The molecule has 124 valence electrons. The SMILES string of the molecule is Cc1cc2c(cc1C)[C@H](C(=O)NCC(=O)Nc1cccnc1)CO2. The van der Waals surface area contributed by atoms with E-state index in [9.17, 15) is 9.59 Å². The number of nitrogens with zero attached hydrogens (tertiary/aromatic N) is 1. The van der Waals surface area contributed by atoms with E-state index in [0.717, 1.165) is 22.4 Å². The molecule has 0 spiro atoms. The van der Waals surface area contributed by atoms with Crippen molar-refractivity contribution in [1.29, 1.82) is 0 Å². The average molecular weight is 325 g/mol. The Morgan fingerprint density at radius 2 is 2.08 bits per heavy atom. The molecule has 2 aromatic rings. The minimum atomic E-state index is -0.384. The van der Waals surface area contributed by atoms with Gasteiger partial charge >= 0.3 is 0 Å². The van der Waals surface area contributed by atoms with Gasteiger partial charge in [0.15, 0.2) is 0 Å². The van der Waals surface area contributed by atoms with Crippen molar-refractivity contribution in [3.05, 3.63) is 53.3 Å². The predicted molar refractivity (Wildman–Crippen MR) is 90.0 cm³/mol. The standard InChI is InChI=1S/C18H19N3O3/c1-11-6-14-15(10-24-16(14)7-12(11)2)18(23)20-9-17(22)21-13-4-3-5-19-8-13/h3-8,15H,9-10H2,1-2H3,(H,20,23)(H,21,22)/t15-/m1/s1. The fraction of sp³-hybridized carbons (Fsp3) is 0.278. The number of aromatic nitrogens is 1. The molecular formula is C18H19N3O3. The van der Waals surface area contributed by atoms with Crippen LogP contribution >= 0.6 is 0 Å². The summed E-state index contributed by atoms with van der Waals surface area (Å²) in [6.45, 7) is 4.22. The first-order chi connectivity index (χ1) is 11.5. The van der Waals surface area contributed by atoms with Gasteiger partial charge < -0.3 is 15.4 Å². The number of benzene rings is 1. The molecule has 24 heavy (non-hydrogen) atoms. The topological polar surface area (TPSA) is 80.3 Å². The highest BCUT2D eigenvalue weighted by Gasteiger charge is 2.31. The molecule has 0 bridgehead atoms. The molecule has 0 saturated heterocycles. The molecule has 1 aromatic heterocycles. The van der Waals surface area contributed by atoms with Gasteiger partial charge in [0.1, 0.15) is 18.3 Å². The largest absolute Gasteiger partial charge is 0.492 e. The number of carbonyl (C=O) groups excluding carboxylic acids is 2. The Balaban J connectivity index is 1.59. The maximum atomic E-state index is 12.4. The van der Waals surface area contributed by atoms with Crippen LogP contribution < -0.4 is 15.4 Å². The van der Waals surface area contributed by atoms with Gasteiger partial charge in [0.2, 0.25) is 11.8 Å². The highest BCUT2D eigenvalue weighted by atomic mass is 16.5. The molecule has 0 unspecified atom stereocenters. The molecule has 1 aliphatic heterocycles. The molecule has 3 rings (SSSR count). The van der Waals surface area contributed by atoms with E-state index in [2.05, 4.69) is 15.6 Å². The van der Waals surface area contributed by atoms with Gasteiger partial charge in [-0.1, -0.05) is 6.07 Å². The Morgan fingerprint density at radius 1 is 1.29 bits per heavy atom. The van der Waals surface area contributed by atoms with Gasteiger partial charge in [0.05, 0.1) is 18.4 Å². The van der Waals surface area contributed by atoms with E-state index in [-0.39, 0.29) is 24.3 Å². The smallest absolute Gasteiger partial charge is 0.243 e. The van der Waals surface area contributed by atoms with Crippen LogP contribution in [0.2, 0.25) is 0 Å². The van der Waals surface area contributed by atoms with Crippen molar-refractivity contribution in [1.82, 2.24) is 10.3 Å². The highest BCUT2D eigenvalue weighted by molar-refractivity contribution is 5.95. The fourth-order valence-corrected chi connectivity index (χ4v) is 2.62. The number of carbonyl (C=O) groups is 2. The van der Waals surface area contributed by atoms with Crippen LogP contribution in [-0.2, 0) is 9.59 Å². The second-order valence-electron chi connectivity index (χ2n) is 5.85. The first-order valence-corrected chi connectivity index (χ1v) is 7.76. The normalized spacial score (nSPS) is 15.3. The molecule has 2 N–H and O–H groups in total. The zero-order chi connectivity index (χ0) is 17.1. The summed E-state index contributed by atoms with van der Waals surface area (Å²) in [4.78, 5) is 28.2. The summed E-state index contributed by atoms with van der Waals surface area (Å²) in [5, 5.41) is 5.34. The summed E-state index contributed by atoms with van der Waals surface area (Å²) in [5.74, 6) is -0.141. The van der Waals surface area contributed by atoms with Crippen LogP contribution in [0.4, 0.5) is 5.69 Å². The van der Waals surface area contributed by atoms with Gasteiger partial charge in [-0.25, -0.2) is 0 Å². The molecular weight excluding hydrogens is 306 g/mol. The lowest BCUT2D eigenvalue weighted by Crippen LogP contribution is -2.36. The number of amides is 2. The number of hydrogen-bond acceptors (Lipinski definition) is 4. The second-order valence-corrected chi connectivity index (χ2v) is 5.85. The third-order valence-corrected chi connectivity index (χ3v) is 4.09. The Hall–Kier alpha value is -2.89. The van der Waals surface area contributed by atoms with Crippen molar-refractivity contribution in [2.24, 2.45) is 0 Å². The van der Waals surface area contributed by atoms with Crippen LogP contribution in [0, 0.1) is 13.8 Å². The lowest BCUT2D eigenvalue weighted by atomic mass is 9.96. The second kappa shape index (κ2) is 6.70. The Labute approximate surface area is 140 Å². The van der Waals surface area contributed by atoms with Crippen LogP contribution in [0.15, 0.2) is 36.7 Å². The summed E-state index contributed by atoms with van der Waals surface area (Å²) in [5.41, 5.74) is 3.72. The summed E-state index contributed by atoms with van der Waals surface area (Å²) in [6, 6.07) is 7.40. The summed E-state index contributed by atoms with van der Waals surface area (Å²) < 4.78 is 5.60. The van der Waals surface area contributed by atoms with Gasteiger partial charge in [-0.3, -0.25) is 14.6 Å². The number of hydrogen-bond donors (Lipinski definition) is 2. The number of ether oxygens (including phenoxy) is 1. The van der Waals surface area contributed by atoms with E-state index >= 15 is 0 Å². The van der Waals surface area contributed by atoms with Crippen LogP contribution in [0.3, 0.4) is 0 Å². The number of nitrogens with one attached hydrogen (secondary N) is 2. The minimum absolute atomic E-state index is 0.0929. The number of rotatable bonds is 4. The van der Waals surface area contributed by atoms with Gasteiger partial charge in [-0.2, -0.15) is 0 Å². The Kier molecular flexibility index (Phi) is 4.46. The molecule has 0 fully saturated rings. The van der Waals surface area contributed by atoms with Crippen LogP contribution in [-0.4, -0.2) is 29.9 Å². The molecule has 2 heterocycles. The Morgan fingerprint density at radius 3 is 2.83 bits per heavy atom. The number of aryl methyl sites for hydroxylation is 2. The van der Waals surface area contributed by atoms with Crippen molar-refractivity contribution < 1.29 is 14.3 Å². The lowest BCUT2D eigenvalue weighted by Gasteiger charge is -2.11. The molecule has 2 amide bonds. The van der Waals surface area contributed by atoms with Crippen LogP contribution in [0.5, 0.6) is 5.75 Å². The summed E-state index contributed by atoms with van der Waals surface area (Å²) in [7, 11) is 0. The third-order valence-electron chi connectivity index (χ3n) is 4.09. The van der Waals surface area contributed by atoms with E-state index in [4.69, 9.17) is 4.74 Å². The van der Waals surface area contributed by atoms with Gasteiger partial charge in [-0.15, -0.1) is 0 Å². The maximum Gasteiger partial charge on any atom is 0.243 e. The first kappa shape index (κ1) is 16.0. The molecule has 1 aliphatic rings. The van der Waals surface area contributed by atoms with Crippen molar-refractivity contribution in [2.45, 2.75) is 19.8 Å². The zero-order valence-electron chi connectivity index (χ0n) is 13.6. The molecule has 0 saturated carbocycles. The third kappa shape index (κ3) is 3.37. The number of anilines is 1.